The molecule has 1 unspecified atom stereocenters. The van der Waals surface area contributed by atoms with Crippen molar-refractivity contribution in [2.45, 2.75) is 46.4 Å². The van der Waals surface area contributed by atoms with E-state index in [9.17, 15) is 9.59 Å². The van der Waals surface area contributed by atoms with Crippen molar-refractivity contribution in [1.82, 2.24) is 14.9 Å². The van der Waals surface area contributed by atoms with Crippen molar-refractivity contribution in [1.29, 1.82) is 0 Å². The van der Waals surface area contributed by atoms with Gasteiger partial charge in [0.1, 0.15) is 0 Å². The topological polar surface area (TPSA) is 87.1 Å². The summed E-state index contributed by atoms with van der Waals surface area (Å²) in [6.07, 6.45) is 4.00. The van der Waals surface area contributed by atoms with Gasteiger partial charge in [-0.15, -0.1) is 0 Å². The summed E-state index contributed by atoms with van der Waals surface area (Å²) in [7, 11) is 1.62. The average molecular weight is 436 g/mol. The third-order valence-electron chi connectivity index (χ3n) is 5.98. The van der Waals surface area contributed by atoms with Crippen molar-refractivity contribution >= 4 is 23.3 Å². The number of nitrogens with one attached hydrogen (secondary N) is 1. The molecule has 1 aromatic carbocycles. The zero-order valence-electron chi connectivity index (χ0n) is 19.0. The fraction of sp³-hybridized carbons (Fsp3) is 0.417. The first-order valence-corrected chi connectivity index (χ1v) is 10.8. The van der Waals surface area contributed by atoms with Gasteiger partial charge in [-0.25, -0.2) is 9.80 Å². The summed E-state index contributed by atoms with van der Waals surface area (Å²) in [5, 5.41) is 9.09. The molecule has 1 atom stereocenters. The third kappa shape index (κ3) is 4.50. The molecule has 0 radical (unpaired) electrons. The number of carbonyl (C=O) groups excluding carboxylic acids is 2. The lowest BCUT2D eigenvalue weighted by atomic mass is 9.82. The number of ether oxygens (including phenoxy) is 1. The number of nitrogens with zero attached hydrogens (tertiary/aromatic N) is 4. The van der Waals surface area contributed by atoms with Gasteiger partial charge in [-0.2, -0.15) is 5.10 Å². The fourth-order valence-electron chi connectivity index (χ4n) is 3.98. The van der Waals surface area contributed by atoms with E-state index in [2.05, 4.69) is 15.4 Å². The molecule has 0 aliphatic carbocycles. The Kier molecular flexibility index (Phi) is 5.97. The lowest BCUT2D eigenvalue weighted by molar-refractivity contribution is -0.142. The van der Waals surface area contributed by atoms with Gasteiger partial charge in [0.25, 0.3) is 0 Å². The minimum atomic E-state index is -0.545. The number of amides is 3. The average Bonchev–Trinajstić information content (AvgIpc) is 3.21. The molecule has 2 aliphatic rings. The molecule has 3 amide bonds. The van der Waals surface area contributed by atoms with Crippen molar-refractivity contribution in [2.75, 3.05) is 19.0 Å². The second-order valence-electron chi connectivity index (χ2n) is 9.05. The number of hydrazone groups is 1. The number of pyridine rings is 1. The highest BCUT2D eigenvalue weighted by Crippen LogP contribution is 2.31. The Morgan fingerprint density at radius 3 is 2.59 bits per heavy atom. The minimum Gasteiger partial charge on any atom is -0.380 e. The van der Waals surface area contributed by atoms with Crippen molar-refractivity contribution in [3.63, 3.8) is 0 Å². The molecule has 3 heterocycles. The maximum Gasteiger partial charge on any atom is 0.322 e. The van der Waals surface area contributed by atoms with E-state index in [0.29, 0.717) is 31.7 Å². The van der Waals surface area contributed by atoms with Crippen LogP contribution in [0.25, 0.3) is 0 Å². The molecule has 0 saturated heterocycles. The summed E-state index contributed by atoms with van der Waals surface area (Å²) in [5.41, 5.74) is 4.15. The monoisotopic (exact) mass is 435 g/mol. The highest BCUT2D eigenvalue weighted by atomic mass is 16.5. The Morgan fingerprint density at radius 2 is 1.91 bits per heavy atom. The van der Waals surface area contributed by atoms with Gasteiger partial charge in [-0.05, 0) is 41.8 Å². The van der Waals surface area contributed by atoms with Gasteiger partial charge in [0.15, 0.2) is 0 Å². The predicted octanol–water partition coefficient (Wildman–Crippen LogP) is 3.63. The van der Waals surface area contributed by atoms with Crippen LogP contribution in [0.4, 0.5) is 10.5 Å². The summed E-state index contributed by atoms with van der Waals surface area (Å²) in [6.45, 7) is 7.33. The lowest BCUT2D eigenvalue weighted by Crippen LogP contribution is -2.46. The smallest absolute Gasteiger partial charge is 0.322 e. The number of carbonyl (C=O) groups is 2. The van der Waals surface area contributed by atoms with Gasteiger partial charge in [-0.1, -0.05) is 26.0 Å². The van der Waals surface area contributed by atoms with Crippen LogP contribution in [0, 0.1) is 5.41 Å². The summed E-state index contributed by atoms with van der Waals surface area (Å²) < 4.78 is 5.32. The molecular formula is C24H29N5O3. The summed E-state index contributed by atoms with van der Waals surface area (Å²) in [4.78, 5) is 31.3. The van der Waals surface area contributed by atoms with E-state index in [0.717, 1.165) is 22.4 Å². The summed E-state index contributed by atoms with van der Waals surface area (Å²) >= 11 is 0. The molecule has 4 rings (SSSR count). The van der Waals surface area contributed by atoms with Gasteiger partial charge in [-0.3, -0.25) is 9.78 Å². The van der Waals surface area contributed by atoms with E-state index in [-0.39, 0.29) is 18.0 Å². The van der Waals surface area contributed by atoms with Crippen LogP contribution in [0.1, 0.15) is 43.9 Å². The Labute approximate surface area is 188 Å². The molecule has 32 heavy (non-hydrogen) atoms. The van der Waals surface area contributed by atoms with Crippen LogP contribution in [-0.4, -0.2) is 52.3 Å². The van der Waals surface area contributed by atoms with Gasteiger partial charge in [0.05, 0.1) is 23.8 Å². The third-order valence-corrected chi connectivity index (χ3v) is 5.98. The van der Waals surface area contributed by atoms with E-state index >= 15 is 0 Å². The Bertz CT molecular complexity index is 1020. The minimum absolute atomic E-state index is 0.00385. The van der Waals surface area contributed by atoms with Gasteiger partial charge >= 0.3 is 6.03 Å². The number of urea groups is 1. The van der Waals surface area contributed by atoms with Crippen LogP contribution in [-0.2, 0) is 22.6 Å². The number of methoxy groups -OCH3 is 1. The Hall–Kier alpha value is -3.26. The first-order valence-electron chi connectivity index (χ1n) is 10.8. The molecule has 168 valence electrons. The quantitative estimate of drug-likeness (QED) is 0.777. The van der Waals surface area contributed by atoms with Crippen LogP contribution in [0.3, 0.4) is 0 Å². The van der Waals surface area contributed by atoms with Crippen molar-refractivity contribution in [3.05, 3.63) is 59.4 Å². The number of rotatable bonds is 5. The van der Waals surface area contributed by atoms with Gasteiger partial charge in [0.2, 0.25) is 5.91 Å². The fourth-order valence-corrected chi connectivity index (χ4v) is 3.98. The lowest BCUT2D eigenvalue weighted by Gasteiger charge is -2.35. The van der Waals surface area contributed by atoms with E-state index in [1.807, 2.05) is 57.3 Å². The van der Waals surface area contributed by atoms with Crippen LogP contribution in [0.5, 0.6) is 0 Å². The molecule has 8 heteroatoms. The molecule has 0 spiro atoms. The number of fused-ring (bicyclic) bond motifs is 1. The molecule has 2 aliphatic heterocycles. The van der Waals surface area contributed by atoms with E-state index in [1.165, 1.54) is 5.01 Å². The van der Waals surface area contributed by atoms with Crippen molar-refractivity contribution in [2.24, 2.45) is 10.5 Å². The zero-order valence-corrected chi connectivity index (χ0v) is 19.0. The SMILES string of the molecule is COC(C)CN1N=C(c2ccc(NC(=O)N3Cc4ccncc4C3)cc2)CC(C)(C)C1=O. The highest BCUT2D eigenvalue weighted by molar-refractivity contribution is 6.06. The van der Waals surface area contributed by atoms with Crippen LogP contribution >= 0.6 is 0 Å². The number of aromatic nitrogens is 1. The number of hydrogen-bond donors (Lipinski definition) is 1. The Balaban J connectivity index is 1.45. The molecule has 0 bridgehead atoms. The summed E-state index contributed by atoms with van der Waals surface area (Å²) in [6, 6.07) is 9.40. The second-order valence-corrected chi connectivity index (χ2v) is 9.05. The predicted molar refractivity (Wildman–Crippen MR) is 122 cm³/mol. The first-order chi connectivity index (χ1) is 15.3. The van der Waals surface area contributed by atoms with Crippen molar-refractivity contribution < 1.29 is 14.3 Å². The molecule has 1 N–H and O–H groups in total. The van der Waals surface area contributed by atoms with Crippen LogP contribution in [0.2, 0.25) is 0 Å². The van der Waals surface area contributed by atoms with Crippen LogP contribution < -0.4 is 5.32 Å². The van der Waals surface area contributed by atoms with Gasteiger partial charge in [0, 0.05) is 44.7 Å². The first kappa shape index (κ1) is 22.0. The maximum absolute atomic E-state index is 12.8. The van der Waals surface area contributed by atoms with Gasteiger partial charge < -0.3 is 15.0 Å². The highest BCUT2D eigenvalue weighted by Gasteiger charge is 2.38. The molecule has 1 aromatic heterocycles. The summed E-state index contributed by atoms with van der Waals surface area (Å²) in [5.74, 6) is -0.00385. The number of benzene rings is 1. The largest absolute Gasteiger partial charge is 0.380 e. The standard InChI is InChI=1S/C24H29N5O3/c1-16(32-4)13-29-22(30)24(2,3)11-21(27-29)17-5-7-20(8-6-17)26-23(31)28-14-18-9-10-25-12-19(18)15-28/h5-10,12,16H,11,13-15H2,1-4H3,(H,26,31). The number of anilines is 1. The molecule has 2 aromatic rings. The zero-order chi connectivity index (χ0) is 22.9. The number of hydrogen-bond acceptors (Lipinski definition) is 5. The molecule has 0 fully saturated rings. The van der Waals surface area contributed by atoms with Crippen molar-refractivity contribution in [3.8, 4) is 0 Å². The maximum atomic E-state index is 12.8. The molecule has 0 saturated carbocycles. The normalized spacial score (nSPS) is 18.2. The Morgan fingerprint density at radius 1 is 1.19 bits per heavy atom. The van der Waals surface area contributed by atoms with E-state index in [1.54, 1.807) is 18.2 Å². The van der Waals surface area contributed by atoms with E-state index < -0.39 is 5.41 Å². The van der Waals surface area contributed by atoms with Crippen LogP contribution in [0.15, 0.2) is 47.8 Å². The van der Waals surface area contributed by atoms with E-state index in [4.69, 9.17) is 4.74 Å². The molecular weight excluding hydrogens is 406 g/mol. The molecule has 8 nitrogen and oxygen atoms in total. The second kappa shape index (κ2) is 8.70.